The summed E-state index contributed by atoms with van der Waals surface area (Å²) in [6.45, 7) is 8.44. The van der Waals surface area contributed by atoms with Crippen molar-refractivity contribution in [2.24, 2.45) is 11.3 Å². The Morgan fingerprint density at radius 1 is 1.29 bits per heavy atom. The third-order valence-electron chi connectivity index (χ3n) is 3.64. The first-order chi connectivity index (χ1) is 9.59. The Kier molecular flexibility index (Phi) is 5.53. The molecule has 21 heavy (non-hydrogen) atoms. The summed E-state index contributed by atoms with van der Waals surface area (Å²) in [6.07, 6.45) is 0. The molecule has 0 saturated heterocycles. The number of methoxy groups -OCH3 is 1. The molecule has 1 aromatic carbocycles. The van der Waals surface area contributed by atoms with Gasteiger partial charge < -0.3 is 4.74 Å². The third kappa shape index (κ3) is 4.54. The van der Waals surface area contributed by atoms with Crippen LogP contribution >= 0.6 is 0 Å². The topological polar surface area (TPSA) is 72.5 Å². The minimum absolute atomic E-state index is 0.00954. The van der Waals surface area contributed by atoms with Gasteiger partial charge in [0, 0.05) is 6.54 Å². The number of carbonyl (C=O) groups is 1. The SMILES string of the molecule is COC(=O)c1ccccc1S(=O)(=O)NCC(C)C(C)(C)C. The predicted octanol–water partition coefficient (Wildman–Crippen LogP) is 2.43. The van der Waals surface area contributed by atoms with Gasteiger partial charge in [-0.1, -0.05) is 39.8 Å². The van der Waals surface area contributed by atoms with E-state index >= 15 is 0 Å². The second-order valence-corrected chi connectivity index (χ2v) is 7.84. The second kappa shape index (κ2) is 6.58. The highest BCUT2D eigenvalue weighted by Crippen LogP contribution is 2.25. The number of hydrogen-bond donors (Lipinski definition) is 1. The number of carbonyl (C=O) groups excluding carboxylic acids is 1. The summed E-state index contributed by atoms with van der Waals surface area (Å²) in [5, 5.41) is 0. The van der Waals surface area contributed by atoms with E-state index < -0.39 is 16.0 Å². The van der Waals surface area contributed by atoms with Gasteiger partial charge in [-0.15, -0.1) is 0 Å². The van der Waals surface area contributed by atoms with E-state index in [9.17, 15) is 13.2 Å². The Bertz CT molecular complexity index is 602. The van der Waals surface area contributed by atoms with E-state index in [1.165, 1.54) is 19.2 Å². The van der Waals surface area contributed by atoms with Gasteiger partial charge in [-0.05, 0) is 23.5 Å². The number of nitrogens with one attached hydrogen (secondary N) is 1. The van der Waals surface area contributed by atoms with Crippen LogP contribution in [0.5, 0.6) is 0 Å². The summed E-state index contributed by atoms with van der Waals surface area (Å²) in [5.41, 5.74) is 0.0283. The first-order valence-electron chi connectivity index (χ1n) is 6.76. The highest BCUT2D eigenvalue weighted by Gasteiger charge is 2.25. The molecular weight excluding hydrogens is 290 g/mol. The molecule has 1 rings (SSSR count). The Balaban J connectivity index is 3.02. The fourth-order valence-electron chi connectivity index (χ4n) is 1.60. The van der Waals surface area contributed by atoms with Crippen LogP contribution in [0.25, 0.3) is 0 Å². The molecule has 0 fully saturated rings. The number of sulfonamides is 1. The van der Waals surface area contributed by atoms with Gasteiger partial charge in [0.05, 0.1) is 17.6 Å². The fourth-order valence-corrected chi connectivity index (χ4v) is 2.92. The van der Waals surface area contributed by atoms with Crippen LogP contribution in [-0.2, 0) is 14.8 Å². The second-order valence-electron chi connectivity index (χ2n) is 6.11. The summed E-state index contributed by atoms with van der Waals surface area (Å²) in [5.74, 6) is -0.516. The van der Waals surface area contributed by atoms with Crippen LogP contribution in [0.2, 0.25) is 0 Å². The molecule has 0 saturated carbocycles. The van der Waals surface area contributed by atoms with Crippen LogP contribution in [0.3, 0.4) is 0 Å². The van der Waals surface area contributed by atoms with E-state index in [-0.39, 0.29) is 21.8 Å². The Morgan fingerprint density at radius 2 is 1.86 bits per heavy atom. The molecule has 0 amide bonds. The maximum absolute atomic E-state index is 12.4. The van der Waals surface area contributed by atoms with Crippen LogP contribution in [0.15, 0.2) is 29.2 Å². The molecule has 0 aliphatic carbocycles. The molecule has 1 atom stereocenters. The van der Waals surface area contributed by atoms with E-state index in [4.69, 9.17) is 0 Å². The van der Waals surface area contributed by atoms with Gasteiger partial charge in [0.25, 0.3) is 0 Å². The van der Waals surface area contributed by atoms with Gasteiger partial charge in [-0.2, -0.15) is 0 Å². The molecular formula is C15H23NO4S. The molecule has 0 aliphatic heterocycles. The average molecular weight is 313 g/mol. The van der Waals surface area contributed by atoms with Crippen molar-refractivity contribution in [3.63, 3.8) is 0 Å². The zero-order chi connectivity index (χ0) is 16.3. The van der Waals surface area contributed by atoms with Crippen molar-refractivity contribution in [2.75, 3.05) is 13.7 Å². The minimum Gasteiger partial charge on any atom is -0.465 e. The number of rotatable bonds is 5. The standard InChI is InChI=1S/C15H23NO4S/c1-11(15(2,3)4)10-16-21(18,19)13-9-7-6-8-12(13)14(17)20-5/h6-9,11,16H,10H2,1-5H3. The van der Waals surface area contributed by atoms with E-state index in [2.05, 4.69) is 9.46 Å². The summed E-state index contributed by atoms with van der Waals surface area (Å²) in [6, 6.07) is 6.02. The molecule has 0 aromatic heterocycles. The Labute approximate surface area is 126 Å². The zero-order valence-corrected chi connectivity index (χ0v) is 14.0. The minimum atomic E-state index is -3.75. The number of esters is 1. The van der Waals surface area contributed by atoms with Gasteiger partial charge in [0.1, 0.15) is 0 Å². The molecule has 0 spiro atoms. The molecule has 118 valence electrons. The third-order valence-corrected chi connectivity index (χ3v) is 5.12. The van der Waals surface area contributed by atoms with Crippen molar-refractivity contribution >= 4 is 16.0 Å². The highest BCUT2D eigenvalue weighted by molar-refractivity contribution is 7.89. The van der Waals surface area contributed by atoms with Gasteiger partial charge >= 0.3 is 5.97 Å². The van der Waals surface area contributed by atoms with Gasteiger partial charge in [0.15, 0.2) is 0 Å². The monoisotopic (exact) mass is 313 g/mol. The smallest absolute Gasteiger partial charge is 0.339 e. The average Bonchev–Trinajstić information content (AvgIpc) is 2.42. The van der Waals surface area contributed by atoms with Crippen LogP contribution in [0.4, 0.5) is 0 Å². The van der Waals surface area contributed by atoms with Gasteiger partial charge in [-0.3, -0.25) is 0 Å². The van der Waals surface area contributed by atoms with Crippen molar-refractivity contribution in [2.45, 2.75) is 32.6 Å². The maximum atomic E-state index is 12.4. The fraction of sp³-hybridized carbons (Fsp3) is 0.533. The number of ether oxygens (including phenoxy) is 1. The van der Waals surface area contributed by atoms with Crippen LogP contribution in [0.1, 0.15) is 38.1 Å². The van der Waals surface area contributed by atoms with Crippen molar-refractivity contribution in [3.8, 4) is 0 Å². The lowest BCUT2D eigenvalue weighted by atomic mass is 9.82. The summed E-state index contributed by atoms with van der Waals surface area (Å²) in [4.78, 5) is 11.6. The Hall–Kier alpha value is -1.40. The first kappa shape index (κ1) is 17.7. The summed E-state index contributed by atoms with van der Waals surface area (Å²) >= 11 is 0. The van der Waals surface area contributed by atoms with Crippen molar-refractivity contribution < 1.29 is 17.9 Å². The number of hydrogen-bond acceptors (Lipinski definition) is 4. The van der Waals surface area contributed by atoms with Crippen LogP contribution < -0.4 is 4.72 Å². The van der Waals surface area contributed by atoms with Gasteiger partial charge in [-0.25, -0.2) is 17.9 Å². The first-order valence-corrected chi connectivity index (χ1v) is 8.25. The molecule has 1 aromatic rings. The molecule has 1 N–H and O–H groups in total. The van der Waals surface area contributed by atoms with Crippen molar-refractivity contribution in [1.29, 1.82) is 0 Å². The molecule has 0 radical (unpaired) electrons. The van der Waals surface area contributed by atoms with Crippen LogP contribution in [-0.4, -0.2) is 28.0 Å². The maximum Gasteiger partial charge on any atom is 0.339 e. The normalized spacial score (nSPS) is 13.8. The predicted molar refractivity (Wildman–Crippen MR) is 81.6 cm³/mol. The molecule has 1 unspecified atom stereocenters. The van der Waals surface area contributed by atoms with E-state index in [0.717, 1.165) is 0 Å². The number of benzene rings is 1. The highest BCUT2D eigenvalue weighted by atomic mass is 32.2. The van der Waals surface area contributed by atoms with E-state index in [1.807, 2.05) is 27.7 Å². The zero-order valence-electron chi connectivity index (χ0n) is 13.1. The lowest BCUT2D eigenvalue weighted by Gasteiger charge is -2.27. The van der Waals surface area contributed by atoms with Gasteiger partial charge in [0.2, 0.25) is 10.0 Å². The lowest BCUT2D eigenvalue weighted by Crippen LogP contribution is -2.34. The van der Waals surface area contributed by atoms with Crippen molar-refractivity contribution in [1.82, 2.24) is 4.72 Å². The molecule has 0 bridgehead atoms. The van der Waals surface area contributed by atoms with Crippen LogP contribution in [0, 0.1) is 11.3 Å². The molecule has 6 heteroatoms. The largest absolute Gasteiger partial charge is 0.465 e. The van der Waals surface area contributed by atoms with E-state index in [1.54, 1.807) is 12.1 Å². The summed E-state index contributed by atoms with van der Waals surface area (Å²) < 4.78 is 32.0. The molecule has 0 heterocycles. The molecule has 5 nitrogen and oxygen atoms in total. The quantitative estimate of drug-likeness (QED) is 0.847. The summed E-state index contributed by atoms with van der Waals surface area (Å²) in [7, 11) is -2.53. The molecule has 0 aliphatic rings. The Morgan fingerprint density at radius 3 is 2.38 bits per heavy atom. The van der Waals surface area contributed by atoms with E-state index in [0.29, 0.717) is 6.54 Å². The lowest BCUT2D eigenvalue weighted by molar-refractivity contribution is 0.0596. The van der Waals surface area contributed by atoms with Crippen molar-refractivity contribution in [3.05, 3.63) is 29.8 Å².